The molecule has 2 rings (SSSR count). The number of hydrogen-bond acceptors (Lipinski definition) is 3. The van der Waals surface area contributed by atoms with Crippen molar-refractivity contribution in [1.82, 2.24) is 5.32 Å². The number of hydrogen-bond donors (Lipinski definition) is 2. The molecular weight excluding hydrogens is 266 g/mol. The molecule has 116 valence electrons. The maximum absolute atomic E-state index is 11.9. The fraction of sp³-hybridized carbons (Fsp3) is 0.588. The molecule has 0 radical (unpaired) electrons. The molecule has 1 aromatic carbocycles. The van der Waals surface area contributed by atoms with Gasteiger partial charge in [0.05, 0.1) is 19.1 Å². The fourth-order valence-corrected chi connectivity index (χ4v) is 2.59. The molecule has 1 amide bonds. The fourth-order valence-electron chi connectivity index (χ4n) is 2.59. The van der Waals surface area contributed by atoms with Crippen LogP contribution < -0.4 is 10.1 Å². The number of aryl methyl sites for hydroxylation is 2. The van der Waals surface area contributed by atoms with Crippen molar-refractivity contribution in [2.24, 2.45) is 0 Å². The standard InChI is InChI=1S/C17H25NO3/c1-12-3-8-16(11-13(12)2)21-10-9-17(20)18-14-4-6-15(19)7-5-14/h3,8,11,14-15,19H,4-7,9-10H2,1-2H3,(H,18,20). The third-order valence-electron chi connectivity index (χ3n) is 4.14. The van der Waals surface area contributed by atoms with Crippen LogP contribution in [-0.4, -0.2) is 29.8 Å². The van der Waals surface area contributed by atoms with Crippen LogP contribution in [0.1, 0.15) is 43.2 Å². The van der Waals surface area contributed by atoms with Crippen LogP contribution in [0.25, 0.3) is 0 Å². The Morgan fingerprint density at radius 3 is 2.62 bits per heavy atom. The second-order valence-corrected chi connectivity index (χ2v) is 5.92. The molecule has 0 spiro atoms. The molecule has 0 aromatic heterocycles. The highest BCUT2D eigenvalue weighted by Gasteiger charge is 2.20. The third kappa shape index (κ3) is 5.05. The zero-order valence-electron chi connectivity index (χ0n) is 12.9. The lowest BCUT2D eigenvalue weighted by Gasteiger charge is -2.26. The van der Waals surface area contributed by atoms with Gasteiger partial charge in [0.15, 0.2) is 0 Å². The number of nitrogens with one attached hydrogen (secondary N) is 1. The van der Waals surface area contributed by atoms with Gasteiger partial charge in [-0.3, -0.25) is 4.79 Å². The largest absolute Gasteiger partial charge is 0.493 e. The molecule has 1 fully saturated rings. The molecule has 2 N–H and O–H groups in total. The molecule has 0 atom stereocenters. The summed E-state index contributed by atoms with van der Waals surface area (Å²) in [5, 5.41) is 12.5. The first-order valence-electron chi connectivity index (χ1n) is 7.72. The molecule has 21 heavy (non-hydrogen) atoms. The predicted molar refractivity (Wildman–Crippen MR) is 82.4 cm³/mol. The predicted octanol–water partition coefficient (Wildman–Crippen LogP) is 2.49. The average Bonchev–Trinajstić information content (AvgIpc) is 2.45. The van der Waals surface area contributed by atoms with Crippen molar-refractivity contribution in [3.63, 3.8) is 0 Å². The number of carbonyl (C=O) groups excluding carboxylic acids is 1. The highest BCUT2D eigenvalue weighted by Crippen LogP contribution is 2.19. The van der Waals surface area contributed by atoms with E-state index in [1.54, 1.807) is 0 Å². The molecule has 1 aliphatic rings. The van der Waals surface area contributed by atoms with E-state index in [2.05, 4.69) is 12.2 Å². The molecule has 1 aliphatic carbocycles. The number of benzene rings is 1. The zero-order chi connectivity index (χ0) is 15.2. The van der Waals surface area contributed by atoms with Gasteiger partial charge in [-0.1, -0.05) is 6.07 Å². The maximum atomic E-state index is 11.9. The lowest BCUT2D eigenvalue weighted by atomic mass is 9.93. The molecular formula is C17H25NO3. The van der Waals surface area contributed by atoms with Crippen molar-refractivity contribution in [3.8, 4) is 5.75 Å². The summed E-state index contributed by atoms with van der Waals surface area (Å²) in [5.41, 5.74) is 2.43. The van der Waals surface area contributed by atoms with E-state index in [1.807, 2.05) is 25.1 Å². The highest BCUT2D eigenvalue weighted by atomic mass is 16.5. The summed E-state index contributed by atoms with van der Waals surface area (Å²) in [4.78, 5) is 11.9. The lowest BCUT2D eigenvalue weighted by molar-refractivity contribution is -0.122. The number of rotatable bonds is 5. The van der Waals surface area contributed by atoms with Crippen molar-refractivity contribution >= 4 is 5.91 Å². The van der Waals surface area contributed by atoms with E-state index in [1.165, 1.54) is 11.1 Å². The minimum Gasteiger partial charge on any atom is -0.493 e. The Hall–Kier alpha value is -1.55. The molecule has 4 heteroatoms. The Balaban J connectivity index is 1.68. The molecule has 1 saturated carbocycles. The SMILES string of the molecule is Cc1ccc(OCCC(=O)NC2CCC(O)CC2)cc1C. The van der Waals surface area contributed by atoms with Gasteiger partial charge in [-0.2, -0.15) is 0 Å². The third-order valence-corrected chi connectivity index (χ3v) is 4.14. The first-order valence-corrected chi connectivity index (χ1v) is 7.72. The summed E-state index contributed by atoms with van der Waals surface area (Å²) in [5.74, 6) is 0.840. The summed E-state index contributed by atoms with van der Waals surface area (Å²) >= 11 is 0. The van der Waals surface area contributed by atoms with E-state index in [4.69, 9.17) is 4.74 Å². The van der Waals surface area contributed by atoms with Gasteiger partial charge in [-0.25, -0.2) is 0 Å². The number of ether oxygens (including phenoxy) is 1. The second-order valence-electron chi connectivity index (χ2n) is 5.92. The van der Waals surface area contributed by atoms with Gasteiger partial charge in [0.2, 0.25) is 5.91 Å². The monoisotopic (exact) mass is 291 g/mol. The van der Waals surface area contributed by atoms with Crippen molar-refractivity contribution < 1.29 is 14.6 Å². The van der Waals surface area contributed by atoms with Crippen LogP contribution >= 0.6 is 0 Å². The Labute approximate surface area is 126 Å². The van der Waals surface area contributed by atoms with Gasteiger partial charge in [-0.05, 0) is 62.8 Å². The van der Waals surface area contributed by atoms with Crippen molar-refractivity contribution in [2.45, 2.75) is 58.1 Å². The summed E-state index contributed by atoms with van der Waals surface area (Å²) < 4.78 is 5.62. The Bertz CT molecular complexity index is 479. The molecule has 0 unspecified atom stereocenters. The van der Waals surface area contributed by atoms with Gasteiger partial charge in [0, 0.05) is 6.04 Å². The molecule has 0 saturated heterocycles. The molecule has 0 aliphatic heterocycles. The molecule has 4 nitrogen and oxygen atoms in total. The van der Waals surface area contributed by atoms with E-state index in [0.717, 1.165) is 31.4 Å². The van der Waals surface area contributed by atoms with Crippen LogP contribution in [-0.2, 0) is 4.79 Å². The van der Waals surface area contributed by atoms with Crippen molar-refractivity contribution in [1.29, 1.82) is 0 Å². The number of aliphatic hydroxyl groups excluding tert-OH is 1. The van der Waals surface area contributed by atoms with Crippen LogP contribution in [0.5, 0.6) is 5.75 Å². The Morgan fingerprint density at radius 2 is 1.95 bits per heavy atom. The first-order chi connectivity index (χ1) is 10.0. The normalized spacial score (nSPS) is 21.9. The summed E-state index contributed by atoms with van der Waals surface area (Å²) in [7, 11) is 0. The van der Waals surface area contributed by atoms with Crippen LogP contribution in [0, 0.1) is 13.8 Å². The van der Waals surface area contributed by atoms with Gasteiger partial charge in [0.25, 0.3) is 0 Å². The minimum absolute atomic E-state index is 0.0280. The minimum atomic E-state index is -0.189. The van der Waals surface area contributed by atoms with E-state index in [0.29, 0.717) is 13.0 Å². The molecule has 1 aromatic rings. The Morgan fingerprint density at radius 1 is 1.24 bits per heavy atom. The highest BCUT2D eigenvalue weighted by molar-refractivity contribution is 5.76. The molecule has 0 bridgehead atoms. The van der Waals surface area contributed by atoms with Crippen molar-refractivity contribution in [3.05, 3.63) is 29.3 Å². The number of carbonyl (C=O) groups is 1. The van der Waals surface area contributed by atoms with Crippen LogP contribution in [0.4, 0.5) is 0 Å². The summed E-state index contributed by atoms with van der Waals surface area (Å²) in [6, 6.07) is 6.17. The molecule has 0 heterocycles. The van der Waals surface area contributed by atoms with Gasteiger partial charge >= 0.3 is 0 Å². The topological polar surface area (TPSA) is 58.6 Å². The van der Waals surface area contributed by atoms with E-state index in [-0.39, 0.29) is 18.1 Å². The average molecular weight is 291 g/mol. The van der Waals surface area contributed by atoms with Crippen LogP contribution in [0.15, 0.2) is 18.2 Å². The van der Waals surface area contributed by atoms with Crippen LogP contribution in [0.3, 0.4) is 0 Å². The maximum Gasteiger partial charge on any atom is 0.223 e. The van der Waals surface area contributed by atoms with Crippen LogP contribution in [0.2, 0.25) is 0 Å². The summed E-state index contributed by atoms with van der Waals surface area (Å²) in [6.45, 7) is 4.50. The zero-order valence-corrected chi connectivity index (χ0v) is 12.9. The second kappa shape index (κ2) is 7.46. The smallest absolute Gasteiger partial charge is 0.223 e. The quantitative estimate of drug-likeness (QED) is 0.876. The number of amides is 1. The van der Waals surface area contributed by atoms with Gasteiger partial charge in [0.1, 0.15) is 5.75 Å². The summed E-state index contributed by atoms with van der Waals surface area (Å²) in [6.07, 6.45) is 3.47. The van der Waals surface area contributed by atoms with Gasteiger partial charge in [-0.15, -0.1) is 0 Å². The van der Waals surface area contributed by atoms with E-state index < -0.39 is 0 Å². The van der Waals surface area contributed by atoms with Crippen molar-refractivity contribution in [2.75, 3.05) is 6.61 Å². The lowest BCUT2D eigenvalue weighted by Crippen LogP contribution is -2.39. The van der Waals surface area contributed by atoms with E-state index in [9.17, 15) is 9.90 Å². The first kappa shape index (κ1) is 15.8. The van der Waals surface area contributed by atoms with E-state index >= 15 is 0 Å². The number of aliphatic hydroxyl groups is 1. The Kier molecular flexibility index (Phi) is 5.62. The van der Waals surface area contributed by atoms with Gasteiger partial charge < -0.3 is 15.2 Å².